The zero-order valence-corrected chi connectivity index (χ0v) is 16.9. The number of hydrogen-bond acceptors (Lipinski definition) is 5. The van der Waals surface area contributed by atoms with Crippen molar-refractivity contribution in [2.45, 2.75) is 22.6 Å². The number of benzene rings is 1. The number of rotatable bonds is 7. The van der Waals surface area contributed by atoms with E-state index in [-0.39, 0.29) is 16.4 Å². The van der Waals surface area contributed by atoms with Crippen LogP contribution >= 0.6 is 11.8 Å². The molecule has 1 fully saturated rings. The van der Waals surface area contributed by atoms with E-state index in [1.807, 2.05) is 36.4 Å². The molecule has 1 aromatic carbocycles. The monoisotopic (exact) mass is 434 g/mol. The van der Waals surface area contributed by atoms with E-state index in [1.54, 1.807) is 6.07 Å². The molecule has 26 heavy (non-hydrogen) atoms. The molecule has 0 saturated carbocycles. The second-order valence-electron chi connectivity index (χ2n) is 5.89. The van der Waals surface area contributed by atoms with Crippen molar-refractivity contribution in [3.05, 3.63) is 59.4 Å². The molecule has 2 aromatic rings. The van der Waals surface area contributed by atoms with Gasteiger partial charge in [-0.2, -0.15) is 0 Å². The third-order valence-corrected chi connectivity index (χ3v) is 9.14. The normalized spacial score (nSPS) is 17.8. The summed E-state index contributed by atoms with van der Waals surface area (Å²) < 4.78 is 7.62. The second-order valence-corrected chi connectivity index (χ2v) is 11.9. The quantitative estimate of drug-likeness (QED) is 0.407. The van der Waals surface area contributed by atoms with E-state index in [4.69, 9.17) is 4.74 Å². The van der Waals surface area contributed by atoms with E-state index in [9.17, 15) is 14.8 Å². The number of carbonyl (C=O) groups is 2. The van der Waals surface area contributed by atoms with Gasteiger partial charge in [-0.05, 0) is 0 Å². The van der Waals surface area contributed by atoms with E-state index in [0.29, 0.717) is 13.0 Å². The number of pyridine rings is 1. The van der Waals surface area contributed by atoms with Gasteiger partial charge in [-0.25, -0.2) is 0 Å². The number of amides is 2. The molecule has 1 aromatic heterocycles. The number of carbonyl (C=O) groups excluding carboxylic acids is 2. The van der Waals surface area contributed by atoms with Crippen LogP contribution in [0.25, 0.3) is 0 Å². The standard InChI is InChI=1S/C18H19AsN2O4S/c1-19(16-4-2-3-10-21(16)24)9-11-25-14-7-5-13(6-8-14)12-15-17(22)20-18(23)26-15/h2-8,10,15H,9,11-12H2,1H3,(H,20,22,23). The molecule has 1 aliphatic heterocycles. The van der Waals surface area contributed by atoms with Crippen LogP contribution in [-0.4, -0.2) is 37.7 Å². The van der Waals surface area contributed by atoms with Gasteiger partial charge in [0.2, 0.25) is 0 Å². The number of nitrogens with zero attached hydrogens (tertiary/aromatic N) is 1. The molecule has 2 amide bonds. The molecule has 0 radical (unpaired) electrons. The van der Waals surface area contributed by atoms with Gasteiger partial charge >= 0.3 is 161 Å². The first-order chi connectivity index (χ1) is 12.5. The maximum atomic E-state index is 11.8. The van der Waals surface area contributed by atoms with Crippen LogP contribution in [0.4, 0.5) is 4.79 Å². The number of nitrogens with one attached hydrogen (secondary N) is 1. The molecule has 8 heteroatoms. The number of hydrogen-bond donors (Lipinski definition) is 1. The molecule has 3 rings (SSSR count). The molecule has 2 heterocycles. The fourth-order valence-corrected chi connectivity index (χ4v) is 6.26. The molecular weight excluding hydrogens is 415 g/mol. The van der Waals surface area contributed by atoms with Gasteiger partial charge in [-0.3, -0.25) is 0 Å². The molecule has 136 valence electrons. The fourth-order valence-electron chi connectivity index (χ4n) is 2.59. The van der Waals surface area contributed by atoms with E-state index in [2.05, 4.69) is 11.0 Å². The Morgan fingerprint density at radius 3 is 2.65 bits per heavy atom. The van der Waals surface area contributed by atoms with Crippen LogP contribution in [-0.2, 0) is 11.2 Å². The van der Waals surface area contributed by atoms with Crippen molar-refractivity contribution < 1.29 is 19.1 Å². The maximum absolute atomic E-state index is 11.8. The van der Waals surface area contributed by atoms with Gasteiger partial charge in [0, 0.05) is 0 Å². The fraction of sp³-hybridized carbons (Fsp3) is 0.278. The summed E-state index contributed by atoms with van der Waals surface area (Å²) in [4.78, 5) is 22.8. The van der Waals surface area contributed by atoms with Crippen molar-refractivity contribution in [1.82, 2.24) is 5.32 Å². The number of aromatic nitrogens is 1. The van der Waals surface area contributed by atoms with Gasteiger partial charge in [0.1, 0.15) is 0 Å². The van der Waals surface area contributed by atoms with E-state index in [0.717, 1.165) is 37.5 Å². The Bertz CT molecular complexity index is 800. The van der Waals surface area contributed by atoms with Gasteiger partial charge in [-0.15, -0.1) is 0 Å². The predicted octanol–water partition coefficient (Wildman–Crippen LogP) is 1.62. The summed E-state index contributed by atoms with van der Waals surface area (Å²) in [6, 6.07) is 13.1. The van der Waals surface area contributed by atoms with Crippen LogP contribution in [0.2, 0.25) is 10.9 Å². The zero-order valence-electron chi connectivity index (χ0n) is 14.3. The van der Waals surface area contributed by atoms with Crippen LogP contribution in [0.1, 0.15) is 5.56 Å². The Balaban J connectivity index is 1.48. The Hall–Kier alpha value is -1.98. The predicted molar refractivity (Wildman–Crippen MR) is 102 cm³/mol. The van der Waals surface area contributed by atoms with E-state index < -0.39 is 14.7 Å². The molecule has 2 unspecified atom stereocenters. The number of imide groups is 1. The van der Waals surface area contributed by atoms with Crippen molar-refractivity contribution in [3.8, 4) is 5.75 Å². The first-order valence-electron chi connectivity index (χ1n) is 8.15. The van der Waals surface area contributed by atoms with Crippen molar-refractivity contribution in [3.63, 3.8) is 0 Å². The Morgan fingerprint density at radius 1 is 1.23 bits per heavy atom. The molecule has 0 spiro atoms. The Morgan fingerprint density at radius 2 is 2.00 bits per heavy atom. The Labute approximate surface area is 160 Å². The van der Waals surface area contributed by atoms with Gasteiger partial charge in [0.25, 0.3) is 0 Å². The third kappa shape index (κ3) is 4.80. The van der Waals surface area contributed by atoms with E-state index in [1.165, 1.54) is 6.20 Å². The summed E-state index contributed by atoms with van der Waals surface area (Å²) in [5, 5.41) is 14.3. The SMILES string of the molecule is C[As](CCOc1ccc(CC2SC(=O)NC2=O)cc1)c1cccc[n+]1[O-]. The first kappa shape index (κ1) is 18.8. The molecule has 6 nitrogen and oxygen atoms in total. The van der Waals surface area contributed by atoms with Crippen molar-refractivity contribution in [2.24, 2.45) is 0 Å². The summed E-state index contributed by atoms with van der Waals surface area (Å²) >= 11 is -0.376. The van der Waals surface area contributed by atoms with Crippen LogP contribution in [0, 0.1) is 5.21 Å². The van der Waals surface area contributed by atoms with Gasteiger partial charge < -0.3 is 0 Å². The summed E-state index contributed by atoms with van der Waals surface area (Å²) in [5.41, 5.74) is 3.13. The third-order valence-electron chi connectivity index (χ3n) is 4.00. The summed E-state index contributed by atoms with van der Waals surface area (Å²) in [6.07, 6.45) is 2.06. The van der Waals surface area contributed by atoms with Gasteiger partial charge in [-0.1, -0.05) is 0 Å². The molecule has 0 bridgehead atoms. The van der Waals surface area contributed by atoms with Gasteiger partial charge in [0.15, 0.2) is 0 Å². The number of thioether (sulfide) groups is 1. The Kier molecular flexibility index (Phi) is 6.22. The topological polar surface area (TPSA) is 82.3 Å². The van der Waals surface area contributed by atoms with E-state index >= 15 is 0 Å². The first-order valence-corrected chi connectivity index (χ1v) is 13.2. The average molecular weight is 434 g/mol. The minimum absolute atomic E-state index is 0.226. The average Bonchev–Trinajstić information content (AvgIpc) is 2.94. The van der Waals surface area contributed by atoms with Crippen LogP contribution < -0.4 is 19.3 Å². The van der Waals surface area contributed by atoms with Crippen LogP contribution in [0.3, 0.4) is 0 Å². The molecular formula is C18H19AsN2O4S. The molecule has 0 aliphatic carbocycles. The molecule has 1 aliphatic rings. The second kappa shape index (κ2) is 8.60. The van der Waals surface area contributed by atoms with Crippen molar-refractivity contribution in [1.29, 1.82) is 0 Å². The molecule has 2 atom stereocenters. The number of ether oxygens (including phenoxy) is 1. The summed E-state index contributed by atoms with van der Waals surface area (Å²) in [6.45, 7) is 0.570. The zero-order chi connectivity index (χ0) is 18.5. The summed E-state index contributed by atoms with van der Waals surface area (Å²) in [5.74, 6) is 0.537. The molecule has 1 N–H and O–H groups in total. The van der Waals surface area contributed by atoms with Gasteiger partial charge in [0.05, 0.1) is 0 Å². The van der Waals surface area contributed by atoms with Crippen LogP contribution in [0.5, 0.6) is 5.75 Å². The summed E-state index contributed by atoms with van der Waals surface area (Å²) in [7, 11) is 0. The van der Waals surface area contributed by atoms with Crippen LogP contribution in [0.15, 0.2) is 48.7 Å². The van der Waals surface area contributed by atoms with Crippen molar-refractivity contribution in [2.75, 3.05) is 6.61 Å². The minimum atomic E-state index is -1.41. The van der Waals surface area contributed by atoms with Crippen molar-refractivity contribution >= 4 is 42.0 Å². The molecule has 1 saturated heterocycles.